The number of hydrogen-bond acceptors (Lipinski definition) is 1. The van der Waals surface area contributed by atoms with Gasteiger partial charge in [0, 0.05) is 22.0 Å². The first-order chi connectivity index (χ1) is 6.43. The minimum atomic E-state index is 0.175. The molecule has 1 aliphatic carbocycles. The summed E-state index contributed by atoms with van der Waals surface area (Å²) in [6.07, 6.45) is 0. The van der Waals surface area contributed by atoms with Crippen molar-refractivity contribution in [2.24, 2.45) is 11.1 Å². The molecule has 1 fully saturated rings. The van der Waals surface area contributed by atoms with Gasteiger partial charge in [-0.25, -0.2) is 0 Å². The van der Waals surface area contributed by atoms with Crippen LogP contribution in [0.15, 0.2) is 18.2 Å². The number of benzene rings is 1. The fraction of sp³-hybridized carbons (Fsp3) is 0.455. The molecule has 1 saturated carbocycles. The van der Waals surface area contributed by atoms with Gasteiger partial charge in [-0.15, -0.1) is 0 Å². The highest BCUT2D eigenvalue weighted by Crippen LogP contribution is 2.57. The molecule has 3 heteroatoms. The average molecular weight is 230 g/mol. The molecule has 0 spiro atoms. The number of nitrogens with two attached hydrogens (primary N) is 1. The second-order valence-corrected chi connectivity index (χ2v) is 5.40. The number of rotatable bonds is 1. The van der Waals surface area contributed by atoms with Gasteiger partial charge >= 0.3 is 0 Å². The van der Waals surface area contributed by atoms with E-state index in [-0.39, 0.29) is 11.5 Å². The lowest BCUT2D eigenvalue weighted by molar-refractivity contribution is 0.599. The van der Waals surface area contributed by atoms with Gasteiger partial charge < -0.3 is 5.73 Å². The van der Waals surface area contributed by atoms with Crippen LogP contribution in [-0.2, 0) is 0 Å². The molecule has 0 amide bonds. The molecule has 0 aliphatic heterocycles. The van der Waals surface area contributed by atoms with Gasteiger partial charge in [0.2, 0.25) is 0 Å². The summed E-state index contributed by atoms with van der Waals surface area (Å²) < 4.78 is 0. The Hall–Kier alpha value is -0.240. The van der Waals surface area contributed by atoms with E-state index < -0.39 is 0 Å². The van der Waals surface area contributed by atoms with Gasteiger partial charge in [-0.3, -0.25) is 0 Å². The summed E-state index contributed by atoms with van der Waals surface area (Å²) in [6, 6.07) is 5.87. The van der Waals surface area contributed by atoms with Crippen LogP contribution in [0.25, 0.3) is 0 Å². The van der Waals surface area contributed by atoms with Crippen molar-refractivity contribution < 1.29 is 0 Å². The quantitative estimate of drug-likeness (QED) is 0.785. The van der Waals surface area contributed by atoms with Crippen LogP contribution in [0.4, 0.5) is 0 Å². The number of halogens is 2. The minimum absolute atomic E-state index is 0.175. The predicted molar refractivity (Wildman–Crippen MR) is 61.0 cm³/mol. The van der Waals surface area contributed by atoms with Gasteiger partial charge in [-0.1, -0.05) is 37.0 Å². The second kappa shape index (κ2) is 3.13. The highest BCUT2D eigenvalue weighted by molar-refractivity contribution is 6.34. The van der Waals surface area contributed by atoms with E-state index in [4.69, 9.17) is 28.9 Å². The molecule has 2 rings (SSSR count). The van der Waals surface area contributed by atoms with Gasteiger partial charge in [0.1, 0.15) is 0 Å². The van der Waals surface area contributed by atoms with E-state index in [0.717, 1.165) is 5.56 Å². The monoisotopic (exact) mass is 229 g/mol. The minimum Gasteiger partial charge on any atom is -0.327 e. The maximum absolute atomic E-state index is 5.99. The van der Waals surface area contributed by atoms with E-state index in [1.807, 2.05) is 12.1 Å². The van der Waals surface area contributed by atoms with Crippen LogP contribution in [0.2, 0.25) is 10.0 Å². The van der Waals surface area contributed by atoms with Crippen LogP contribution in [-0.4, -0.2) is 6.04 Å². The molecule has 2 N–H and O–H groups in total. The van der Waals surface area contributed by atoms with Crippen LogP contribution in [0.1, 0.15) is 25.3 Å². The third-order valence-electron chi connectivity index (χ3n) is 3.15. The first kappa shape index (κ1) is 10.3. The van der Waals surface area contributed by atoms with Gasteiger partial charge in [0.25, 0.3) is 0 Å². The van der Waals surface area contributed by atoms with Crippen molar-refractivity contribution in [3.63, 3.8) is 0 Å². The largest absolute Gasteiger partial charge is 0.327 e. The Labute approximate surface area is 94.2 Å². The maximum Gasteiger partial charge on any atom is 0.0423 e. The van der Waals surface area contributed by atoms with Crippen molar-refractivity contribution in [1.29, 1.82) is 0 Å². The summed E-state index contributed by atoms with van der Waals surface area (Å²) in [5.74, 6) is 0.388. The molecule has 2 atom stereocenters. The van der Waals surface area contributed by atoms with Crippen LogP contribution in [0.3, 0.4) is 0 Å². The van der Waals surface area contributed by atoms with Crippen LogP contribution in [0.5, 0.6) is 0 Å². The van der Waals surface area contributed by atoms with E-state index >= 15 is 0 Å². The van der Waals surface area contributed by atoms with Crippen LogP contribution >= 0.6 is 23.2 Å². The molecule has 14 heavy (non-hydrogen) atoms. The zero-order chi connectivity index (χ0) is 10.5. The fourth-order valence-corrected chi connectivity index (χ4v) is 2.61. The van der Waals surface area contributed by atoms with Crippen molar-refractivity contribution in [3.8, 4) is 0 Å². The zero-order valence-electron chi connectivity index (χ0n) is 8.22. The third-order valence-corrected chi connectivity index (χ3v) is 3.59. The summed E-state index contributed by atoms with van der Waals surface area (Å²) in [4.78, 5) is 0. The van der Waals surface area contributed by atoms with Crippen molar-refractivity contribution in [1.82, 2.24) is 0 Å². The van der Waals surface area contributed by atoms with E-state index in [1.54, 1.807) is 6.07 Å². The van der Waals surface area contributed by atoms with Crippen molar-refractivity contribution in [2.45, 2.75) is 25.8 Å². The first-order valence-corrected chi connectivity index (χ1v) is 5.40. The van der Waals surface area contributed by atoms with E-state index in [0.29, 0.717) is 16.0 Å². The molecule has 0 heterocycles. The topological polar surface area (TPSA) is 26.0 Å². The Morgan fingerprint density at radius 1 is 1.14 bits per heavy atom. The smallest absolute Gasteiger partial charge is 0.0423 e. The lowest BCUT2D eigenvalue weighted by Crippen LogP contribution is -2.06. The summed E-state index contributed by atoms with van der Waals surface area (Å²) in [5.41, 5.74) is 7.32. The highest BCUT2D eigenvalue weighted by atomic mass is 35.5. The molecule has 0 bridgehead atoms. The normalized spacial score (nSPS) is 28.9. The average Bonchev–Trinajstić information content (AvgIpc) is 2.48. The Balaban J connectivity index is 2.35. The lowest BCUT2D eigenvalue weighted by Gasteiger charge is -2.04. The Kier molecular flexibility index (Phi) is 2.30. The van der Waals surface area contributed by atoms with Gasteiger partial charge in [-0.2, -0.15) is 0 Å². The van der Waals surface area contributed by atoms with E-state index in [9.17, 15) is 0 Å². The molecule has 2 unspecified atom stereocenters. The van der Waals surface area contributed by atoms with E-state index in [1.165, 1.54) is 0 Å². The maximum atomic E-state index is 5.99. The molecule has 1 nitrogen and oxygen atoms in total. The zero-order valence-corrected chi connectivity index (χ0v) is 9.73. The first-order valence-electron chi connectivity index (χ1n) is 4.64. The SMILES string of the molecule is CC1(C)C(N)C1c1cc(Cl)cc(Cl)c1. The van der Waals surface area contributed by atoms with Crippen LogP contribution < -0.4 is 5.73 Å². The number of hydrogen-bond donors (Lipinski definition) is 1. The highest BCUT2D eigenvalue weighted by Gasteiger charge is 2.56. The third kappa shape index (κ3) is 1.54. The summed E-state index contributed by atoms with van der Waals surface area (Å²) in [5, 5.41) is 1.37. The van der Waals surface area contributed by atoms with Gasteiger partial charge in [-0.05, 0) is 29.2 Å². The van der Waals surface area contributed by atoms with Gasteiger partial charge in [0.15, 0.2) is 0 Å². The summed E-state index contributed by atoms with van der Waals surface area (Å²) in [7, 11) is 0. The Morgan fingerprint density at radius 2 is 1.57 bits per heavy atom. The second-order valence-electron chi connectivity index (χ2n) is 4.53. The molecule has 0 radical (unpaired) electrons. The standard InChI is InChI=1S/C11H13Cl2N/c1-11(2)9(10(11)14)6-3-7(12)5-8(13)4-6/h3-5,9-10H,14H2,1-2H3. The molecular weight excluding hydrogens is 217 g/mol. The van der Waals surface area contributed by atoms with Crippen molar-refractivity contribution >= 4 is 23.2 Å². The predicted octanol–water partition coefficient (Wildman–Crippen LogP) is 3.44. The molecule has 76 valence electrons. The summed E-state index contributed by atoms with van der Waals surface area (Å²) in [6.45, 7) is 4.33. The molecule has 1 aromatic rings. The van der Waals surface area contributed by atoms with Crippen molar-refractivity contribution in [2.75, 3.05) is 0 Å². The fourth-order valence-electron chi connectivity index (χ4n) is 2.07. The summed E-state index contributed by atoms with van der Waals surface area (Å²) >= 11 is 11.9. The van der Waals surface area contributed by atoms with E-state index in [2.05, 4.69) is 13.8 Å². The molecule has 1 aliphatic rings. The lowest BCUT2D eigenvalue weighted by atomic mass is 10.0. The molecule has 1 aromatic carbocycles. The van der Waals surface area contributed by atoms with Crippen LogP contribution in [0, 0.1) is 5.41 Å². The molecular formula is C11H13Cl2N. The molecule has 0 aromatic heterocycles. The molecule has 0 saturated heterocycles. The Morgan fingerprint density at radius 3 is 1.93 bits per heavy atom. The van der Waals surface area contributed by atoms with Gasteiger partial charge in [0.05, 0.1) is 0 Å². The van der Waals surface area contributed by atoms with Crippen molar-refractivity contribution in [3.05, 3.63) is 33.8 Å². The Bertz CT molecular complexity index is 353.